The maximum absolute atomic E-state index is 10.3. The molecule has 0 aliphatic rings. The molecule has 2 aromatic carbocycles. The first-order chi connectivity index (χ1) is 12.1. The zero-order chi connectivity index (χ0) is 18.2. The van der Waals surface area contributed by atoms with Gasteiger partial charge < -0.3 is 19.7 Å². The molecule has 0 saturated heterocycles. The van der Waals surface area contributed by atoms with Crippen molar-refractivity contribution in [3.8, 4) is 11.5 Å². The highest BCUT2D eigenvalue weighted by molar-refractivity contribution is 5.88. The minimum absolute atomic E-state index is 0.199. The predicted molar refractivity (Wildman–Crippen MR) is 93.3 cm³/mol. The third kappa shape index (κ3) is 4.47. The van der Waals surface area contributed by atoms with Gasteiger partial charge in [-0.1, -0.05) is 24.3 Å². The molecule has 130 valence electrons. The Morgan fingerprint density at radius 3 is 2.60 bits per heavy atom. The monoisotopic (exact) mass is 339 g/mol. The van der Waals surface area contributed by atoms with E-state index in [1.807, 2.05) is 24.5 Å². The molecule has 0 spiro atoms. The molecule has 25 heavy (non-hydrogen) atoms. The topological polar surface area (TPSA) is 73.5 Å². The number of carbonyl (C=O) groups is 1. The Morgan fingerprint density at radius 2 is 1.92 bits per heavy atom. The number of benzene rings is 2. The number of aryl methyl sites for hydroxylation is 3. The Kier molecular flexibility index (Phi) is 6.34. The van der Waals surface area contributed by atoms with E-state index in [1.165, 1.54) is 11.1 Å². The molecular weight excluding hydrogens is 318 g/mol. The van der Waals surface area contributed by atoms with Gasteiger partial charge in [-0.05, 0) is 35.6 Å². The molecule has 5 heteroatoms. The van der Waals surface area contributed by atoms with Gasteiger partial charge in [-0.2, -0.15) is 0 Å². The molecule has 0 aliphatic heterocycles. The van der Waals surface area contributed by atoms with Crippen LogP contribution in [0, 0.1) is 6.92 Å². The van der Waals surface area contributed by atoms with Crippen molar-refractivity contribution in [1.29, 1.82) is 0 Å². The lowest BCUT2D eigenvalue weighted by atomic mass is 10.1. The third-order valence-corrected chi connectivity index (χ3v) is 4.07. The summed E-state index contributed by atoms with van der Waals surface area (Å²) < 4.78 is 7.28. The molecule has 0 fully saturated rings. The summed E-state index contributed by atoms with van der Waals surface area (Å²) in [5.74, 6) is 0.703. The maximum Gasteiger partial charge on any atom is 0.180 e. The van der Waals surface area contributed by atoms with Crippen LogP contribution in [-0.2, 0) is 17.8 Å². The van der Waals surface area contributed by atoms with Gasteiger partial charge in [-0.15, -0.1) is 0 Å². The molecule has 1 aromatic heterocycles. The van der Waals surface area contributed by atoms with Crippen molar-refractivity contribution in [2.45, 2.75) is 19.9 Å². The summed E-state index contributed by atoms with van der Waals surface area (Å²) in [5, 5.41) is 20.3. The number of aromatic nitrogens is 1. The number of aromatic hydroxyl groups is 1. The maximum atomic E-state index is 10.3. The number of nitrogens with zero attached hydrogens (tertiary/aromatic N) is 1. The molecule has 0 amide bonds. The van der Waals surface area contributed by atoms with Gasteiger partial charge in [0, 0.05) is 19.0 Å². The Balaban J connectivity index is 0.000000701. The highest BCUT2D eigenvalue weighted by Gasteiger charge is 2.11. The van der Waals surface area contributed by atoms with E-state index in [1.54, 1.807) is 13.2 Å². The fourth-order valence-electron chi connectivity index (χ4n) is 2.71. The number of hydrogen-bond donors (Lipinski definition) is 1. The lowest BCUT2D eigenvalue weighted by Crippen LogP contribution is -2.33. The smallest absolute Gasteiger partial charge is 0.180 e. The van der Waals surface area contributed by atoms with Gasteiger partial charge in [0.15, 0.2) is 30.4 Å². The first kappa shape index (κ1) is 18.3. The molecule has 0 saturated carbocycles. The number of pyridine rings is 1. The quantitative estimate of drug-likeness (QED) is 0.581. The first-order valence-electron chi connectivity index (χ1n) is 7.89. The van der Waals surface area contributed by atoms with Gasteiger partial charge in [0.1, 0.15) is 0 Å². The summed E-state index contributed by atoms with van der Waals surface area (Å²) in [4.78, 5) is 8.25. The molecule has 1 N–H and O–H groups in total. The number of phenols is 1. The lowest BCUT2D eigenvalue weighted by molar-refractivity contribution is -0.695. The van der Waals surface area contributed by atoms with E-state index >= 15 is 0 Å². The molecule has 0 radical (unpaired) electrons. The predicted octanol–water partition coefficient (Wildman–Crippen LogP) is 1.76. The second-order valence-electron chi connectivity index (χ2n) is 5.57. The number of carboxylic acid groups (broad SMARTS) is 1. The second kappa shape index (κ2) is 8.68. The minimum atomic E-state index is -0.500. The van der Waals surface area contributed by atoms with Crippen molar-refractivity contribution in [2.24, 2.45) is 0 Å². The van der Waals surface area contributed by atoms with Crippen LogP contribution in [0.2, 0.25) is 0 Å². The van der Waals surface area contributed by atoms with Crippen LogP contribution in [0.5, 0.6) is 11.5 Å². The zero-order valence-corrected chi connectivity index (χ0v) is 14.3. The standard InChI is InChI=1S/C19H19NO2.CH2O2/c1-14-5-3-4-6-15(14)9-11-20-12-10-16-7-8-18(22-2)19(21)17(16)13-20;2-1-3/h3-8,10,12-13H,9,11H2,1-2H3;1H,(H,2,3). The molecule has 0 aliphatic carbocycles. The van der Waals surface area contributed by atoms with Gasteiger partial charge in [0.25, 0.3) is 0 Å². The molecule has 0 atom stereocenters. The van der Waals surface area contributed by atoms with Crippen molar-refractivity contribution < 1.29 is 24.3 Å². The van der Waals surface area contributed by atoms with Gasteiger partial charge >= 0.3 is 0 Å². The SMILES string of the molecule is COc1ccc2cc[n+](CCc3ccccc3C)cc2c1O.O=C[O-]. The molecule has 3 rings (SSSR count). The van der Waals surface area contributed by atoms with Gasteiger partial charge in [0.05, 0.1) is 12.5 Å². The molecular formula is C20H21NO4. The Morgan fingerprint density at radius 1 is 1.20 bits per heavy atom. The average Bonchev–Trinajstić information content (AvgIpc) is 2.62. The summed E-state index contributed by atoms with van der Waals surface area (Å²) in [7, 11) is 1.57. The largest absolute Gasteiger partial charge is 0.554 e. The van der Waals surface area contributed by atoms with Gasteiger partial charge in [-0.25, -0.2) is 4.57 Å². The zero-order valence-electron chi connectivity index (χ0n) is 14.3. The number of fused-ring (bicyclic) bond motifs is 1. The van der Waals surface area contributed by atoms with E-state index in [4.69, 9.17) is 14.6 Å². The number of methoxy groups -OCH3 is 1. The van der Waals surface area contributed by atoms with E-state index in [9.17, 15) is 5.11 Å². The van der Waals surface area contributed by atoms with Crippen LogP contribution >= 0.6 is 0 Å². The van der Waals surface area contributed by atoms with Gasteiger partial charge in [0.2, 0.25) is 0 Å². The summed E-state index contributed by atoms with van der Waals surface area (Å²) in [6.07, 6.45) is 4.99. The fraction of sp³-hybridized carbons (Fsp3) is 0.200. The van der Waals surface area contributed by atoms with Crippen LogP contribution in [0.1, 0.15) is 11.1 Å². The van der Waals surface area contributed by atoms with Crippen molar-refractivity contribution in [2.75, 3.05) is 7.11 Å². The Bertz CT molecular complexity index is 861. The van der Waals surface area contributed by atoms with Crippen LogP contribution in [0.25, 0.3) is 10.8 Å². The fourth-order valence-corrected chi connectivity index (χ4v) is 2.71. The average molecular weight is 339 g/mol. The highest BCUT2D eigenvalue weighted by atomic mass is 16.5. The van der Waals surface area contributed by atoms with Crippen molar-refractivity contribution in [3.05, 3.63) is 66.0 Å². The van der Waals surface area contributed by atoms with Crippen molar-refractivity contribution in [1.82, 2.24) is 0 Å². The molecule has 1 heterocycles. The van der Waals surface area contributed by atoms with Crippen molar-refractivity contribution in [3.63, 3.8) is 0 Å². The first-order valence-corrected chi connectivity index (χ1v) is 7.89. The number of ether oxygens (including phenoxy) is 1. The molecule has 0 unspecified atom stereocenters. The van der Waals surface area contributed by atoms with E-state index in [0.29, 0.717) is 5.75 Å². The van der Waals surface area contributed by atoms with E-state index in [2.05, 4.69) is 35.8 Å². The van der Waals surface area contributed by atoms with Crippen LogP contribution in [0.4, 0.5) is 0 Å². The summed E-state index contributed by atoms with van der Waals surface area (Å²) in [5.41, 5.74) is 2.67. The Labute approximate surface area is 146 Å². The van der Waals surface area contributed by atoms with E-state index in [-0.39, 0.29) is 5.75 Å². The van der Waals surface area contributed by atoms with Crippen LogP contribution in [0.15, 0.2) is 54.9 Å². The summed E-state index contributed by atoms with van der Waals surface area (Å²) in [6.45, 7) is 2.51. The number of rotatable bonds is 4. The number of hydrogen-bond acceptors (Lipinski definition) is 4. The number of carbonyl (C=O) groups excluding carboxylic acids is 1. The van der Waals surface area contributed by atoms with E-state index in [0.717, 1.165) is 23.7 Å². The Hall–Kier alpha value is -3.08. The second-order valence-corrected chi connectivity index (χ2v) is 5.57. The van der Waals surface area contributed by atoms with Gasteiger partial charge in [-0.3, -0.25) is 0 Å². The third-order valence-electron chi connectivity index (χ3n) is 4.07. The molecule has 5 nitrogen and oxygen atoms in total. The minimum Gasteiger partial charge on any atom is -0.554 e. The van der Waals surface area contributed by atoms with Crippen LogP contribution in [0.3, 0.4) is 0 Å². The van der Waals surface area contributed by atoms with Crippen molar-refractivity contribution >= 4 is 17.2 Å². The van der Waals surface area contributed by atoms with E-state index < -0.39 is 6.47 Å². The summed E-state index contributed by atoms with van der Waals surface area (Å²) >= 11 is 0. The van der Waals surface area contributed by atoms with Crippen LogP contribution < -0.4 is 14.4 Å². The summed E-state index contributed by atoms with van der Waals surface area (Å²) in [6, 6.07) is 14.2. The normalized spacial score (nSPS) is 10.0. The molecule has 3 aromatic rings. The highest BCUT2D eigenvalue weighted by Crippen LogP contribution is 2.33. The lowest BCUT2D eigenvalue weighted by Gasteiger charge is -2.06. The number of phenolic OH excluding ortho intramolecular Hbond substituents is 1. The van der Waals surface area contributed by atoms with Crippen LogP contribution in [-0.4, -0.2) is 18.7 Å². The molecule has 0 bridgehead atoms.